The number of rotatable bonds is 7. The molecule has 1 heterocycles. The fraction of sp³-hybridized carbons (Fsp3) is 0.600. The van der Waals surface area contributed by atoms with E-state index >= 15 is 0 Å². The summed E-state index contributed by atoms with van der Waals surface area (Å²) < 4.78 is 26.7. The highest BCUT2D eigenvalue weighted by Crippen LogP contribution is 2.14. The lowest BCUT2D eigenvalue weighted by molar-refractivity contribution is 0.272. The first-order valence-corrected chi connectivity index (χ1v) is 7.57. The molecule has 0 aliphatic rings. The van der Waals surface area contributed by atoms with Crippen LogP contribution in [0.1, 0.15) is 11.3 Å². The maximum Gasteiger partial charge on any atom is 0.281 e. The molecule has 1 aromatic rings. The monoisotopic (exact) mass is 278 g/mol. The lowest BCUT2D eigenvalue weighted by atomic mass is 10.5. The number of hydrogen-bond acceptors (Lipinski definition) is 4. The second-order valence-electron chi connectivity index (χ2n) is 3.74. The Balaban J connectivity index is 2.63. The summed E-state index contributed by atoms with van der Waals surface area (Å²) in [5.74, 6) is 0. The molecule has 0 aliphatic heterocycles. The van der Waals surface area contributed by atoms with Crippen LogP contribution in [0.5, 0.6) is 0 Å². The molecule has 1 aromatic heterocycles. The Morgan fingerprint density at radius 1 is 1.35 bits per heavy atom. The third-order valence-electron chi connectivity index (χ3n) is 2.38. The molecule has 0 aliphatic carbocycles. The Bertz CT molecular complexity index is 417. The van der Waals surface area contributed by atoms with Gasteiger partial charge in [-0.2, -0.15) is 17.0 Å². The van der Waals surface area contributed by atoms with Gasteiger partial charge in [0.15, 0.2) is 0 Å². The Kier molecular flexibility index (Phi) is 5.54. The standard InChI is InChI=1S/C10H18N2O3S2/c1-11(6-4-7-13)17(14,15)12(2)9-10-5-3-8-16-10/h3,5,8,13H,4,6-7,9H2,1-2H3. The minimum atomic E-state index is -3.43. The molecular formula is C10H18N2O3S2. The minimum Gasteiger partial charge on any atom is -0.396 e. The molecule has 7 heteroatoms. The fourth-order valence-electron chi connectivity index (χ4n) is 1.35. The van der Waals surface area contributed by atoms with E-state index in [1.807, 2.05) is 17.5 Å². The van der Waals surface area contributed by atoms with Crippen LogP contribution in [0.3, 0.4) is 0 Å². The quantitative estimate of drug-likeness (QED) is 0.800. The van der Waals surface area contributed by atoms with E-state index in [1.54, 1.807) is 7.05 Å². The molecule has 0 spiro atoms. The van der Waals surface area contributed by atoms with E-state index in [0.29, 0.717) is 19.5 Å². The fourth-order valence-corrected chi connectivity index (χ4v) is 3.33. The molecule has 0 bridgehead atoms. The first-order valence-electron chi connectivity index (χ1n) is 5.29. The normalized spacial score (nSPS) is 12.5. The summed E-state index contributed by atoms with van der Waals surface area (Å²) in [6.45, 7) is 0.700. The van der Waals surface area contributed by atoms with Gasteiger partial charge in [-0.15, -0.1) is 11.3 Å². The lowest BCUT2D eigenvalue weighted by Gasteiger charge is -2.23. The van der Waals surface area contributed by atoms with Crippen LogP contribution in [-0.2, 0) is 16.8 Å². The molecular weight excluding hydrogens is 260 g/mol. The van der Waals surface area contributed by atoms with Crippen LogP contribution < -0.4 is 0 Å². The maximum atomic E-state index is 12.0. The van der Waals surface area contributed by atoms with Crippen molar-refractivity contribution in [2.24, 2.45) is 0 Å². The number of aliphatic hydroxyl groups excluding tert-OH is 1. The molecule has 0 unspecified atom stereocenters. The molecule has 98 valence electrons. The molecule has 0 radical (unpaired) electrons. The van der Waals surface area contributed by atoms with E-state index in [4.69, 9.17) is 5.11 Å². The molecule has 0 saturated heterocycles. The molecule has 0 amide bonds. The highest BCUT2D eigenvalue weighted by molar-refractivity contribution is 7.86. The van der Waals surface area contributed by atoms with E-state index in [0.717, 1.165) is 4.88 Å². The topological polar surface area (TPSA) is 60.9 Å². The van der Waals surface area contributed by atoms with Crippen LogP contribution in [0, 0.1) is 0 Å². The van der Waals surface area contributed by atoms with Crippen molar-refractivity contribution in [3.8, 4) is 0 Å². The molecule has 0 saturated carbocycles. The van der Waals surface area contributed by atoms with Crippen molar-refractivity contribution in [2.75, 3.05) is 27.2 Å². The van der Waals surface area contributed by atoms with E-state index in [1.165, 1.54) is 27.0 Å². The van der Waals surface area contributed by atoms with Gasteiger partial charge in [0.2, 0.25) is 0 Å². The van der Waals surface area contributed by atoms with Crippen molar-refractivity contribution in [1.29, 1.82) is 0 Å². The van der Waals surface area contributed by atoms with Gasteiger partial charge in [0.25, 0.3) is 10.2 Å². The van der Waals surface area contributed by atoms with Gasteiger partial charge < -0.3 is 5.11 Å². The van der Waals surface area contributed by atoms with Crippen molar-refractivity contribution >= 4 is 21.5 Å². The summed E-state index contributed by atoms with van der Waals surface area (Å²) in [5.41, 5.74) is 0. The van der Waals surface area contributed by atoms with Crippen molar-refractivity contribution in [1.82, 2.24) is 8.61 Å². The molecule has 0 aromatic carbocycles. The molecule has 5 nitrogen and oxygen atoms in total. The van der Waals surface area contributed by atoms with Gasteiger partial charge in [-0.25, -0.2) is 0 Å². The first-order chi connectivity index (χ1) is 7.98. The van der Waals surface area contributed by atoms with E-state index in [-0.39, 0.29) is 6.61 Å². The van der Waals surface area contributed by atoms with Crippen LogP contribution in [0.2, 0.25) is 0 Å². The highest BCUT2D eigenvalue weighted by Gasteiger charge is 2.23. The van der Waals surface area contributed by atoms with E-state index in [9.17, 15) is 8.42 Å². The third-order valence-corrected chi connectivity index (χ3v) is 5.13. The second-order valence-corrected chi connectivity index (χ2v) is 6.92. The molecule has 0 atom stereocenters. The largest absolute Gasteiger partial charge is 0.396 e. The molecule has 0 fully saturated rings. The SMILES string of the molecule is CN(CCCO)S(=O)(=O)N(C)Cc1cccs1. The smallest absolute Gasteiger partial charge is 0.281 e. The summed E-state index contributed by atoms with van der Waals surface area (Å²) in [6, 6.07) is 3.81. The average molecular weight is 278 g/mol. The van der Waals surface area contributed by atoms with Crippen LogP contribution >= 0.6 is 11.3 Å². The summed E-state index contributed by atoms with van der Waals surface area (Å²) in [5, 5.41) is 10.6. The number of aliphatic hydroxyl groups is 1. The number of nitrogens with zero attached hydrogens (tertiary/aromatic N) is 2. The van der Waals surface area contributed by atoms with E-state index < -0.39 is 10.2 Å². The van der Waals surface area contributed by atoms with Crippen molar-refractivity contribution in [3.63, 3.8) is 0 Å². The van der Waals surface area contributed by atoms with Gasteiger partial charge in [0.05, 0.1) is 0 Å². The summed E-state index contributed by atoms with van der Waals surface area (Å²) >= 11 is 1.53. The molecule has 1 rings (SSSR count). The van der Waals surface area contributed by atoms with Gasteiger partial charge in [0, 0.05) is 38.7 Å². The van der Waals surface area contributed by atoms with Crippen LogP contribution in [-0.4, -0.2) is 49.4 Å². The Hall–Kier alpha value is -0.470. The van der Waals surface area contributed by atoms with Gasteiger partial charge in [-0.05, 0) is 17.9 Å². The predicted octanol–water partition coefficient (Wildman–Crippen LogP) is 0.739. The van der Waals surface area contributed by atoms with Crippen molar-refractivity contribution in [2.45, 2.75) is 13.0 Å². The second kappa shape index (κ2) is 6.46. The molecule has 1 N–H and O–H groups in total. The predicted molar refractivity (Wildman–Crippen MR) is 69.0 cm³/mol. The highest BCUT2D eigenvalue weighted by atomic mass is 32.2. The van der Waals surface area contributed by atoms with Crippen LogP contribution in [0.4, 0.5) is 0 Å². The summed E-state index contributed by atoms with van der Waals surface area (Å²) in [6.07, 6.45) is 0.447. The Labute approximate surface area is 106 Å². The van der Waals surface area contributed by atoms with Gasteiger partial charge in [0.1, 0.15) is 0 Å². The minimum absolute atomic E-state index is 0.00546. The average Bonchev–Trinajstić information content (AvgIpc) is 2.78. The van der Waals surface area contributed by atoms with Gasteiger partial charge in [-0.3, -0.25) is 0 Å². The Morgan fingerprint density at radius 3 is 2.59 bits per heavy atom. The summed E-state index contributed by atoms with van der Waals surface area (Å²) in [7, 11) is -0.341. The number of hydrogen-bond donors (Lipinski definition) is 1. The Morgan fingerprint density at radius 2 is 2.06 bits per heavy atom. The number of thiophene rings is 1. The van der Waals surface area contributed by atoms with Crippen molar-refractivity contribution < 1.29 is 13.5 Å². The zero-order valence-corrected chi connectivity index (χ0v) is 11.7. The van der Waals surface area contributed by atoms with Crippen molar-refractivity contribution in [3.05, 3.63) is 22.4 Å². The summed E-state index contributed by atoms with van der Waals surface area (Å²) in [4.78, 5) is 1.01. The lowest BCUT2D eigenvalue weighted by Crippen LogP contribution is -2.39. The van der Waals surface area contributed by atoms with Crippen LogP contribution in [0.15, 0.2) is 17.5 Å². The van der Waals surface area contributed by atoms with Gasteiger partial charge >= 0.3 is 0 Å². The molecule has 17 heavy (non-hydrogen) atoms. The van der Waals surface area contributed by atoms with Crippen LogP contribution in [0.25, 0.3) is 0 Å². The zero-order valence-electron chi connectivity index (χ0n) is 10.0. The zero-order chi connectivity index (χ0) is 12.9. The third kappa shape index (κ3) is 4.04. The maximum absolute atomic E-state index is 12.0. The first kappa shape index (κ1) is 14.6. The van der Waals surface area contributed by atoms with E-state index in [2.05, 4.69) is 0 Å². The van der Waals surface area contributed by atoms with Gasteiger partial charge in [-0.1, -0.05) is 6.07 Å².